The number of piperazine rings is 1. The van der Waals surface area contributed by atoms with E-state index in [0.29, 0.717) is 12.6 Å². The highest BCUT2D eigenvalue weighted by Crippen LogP contribution is 2.19. The molecule has 2 heterocycles. The van der Waals surface area contributed by atoms with Crippen LogP contribution in [0.25, 0.3) is 0 Å². The average Bonchev–Trinajstić information content (AvgIpc) is 3.01. The Hall–Kier alpha value is -1.34. The Morgan fingerprint density at radius 3 is 2.75 bits per heavy atom. The van der Waals surface area contributed by atoms with Crippen molar-refractivity contribution >= 4 is 23.7 Å². The van der Waals surface area contributed by atoms with Gasteiger partial charge >= 0.3 is 0 Å². The Labute approximate surface area is 153 Å². The SMILES string of the molecule is COc1ccc(OCc2nc(CN3CCN[C@H](C)C3)cs2)cc1.Cl. The minimum absolute atomic E-state index is 0. The minimum atomic E-state index is 0. The number of benzene rings is 1. The lowest BCUT2D eigenvalue weighted by Crippen LogP contribution is -2.48. The van der Waals surface area contributed by atoms with Crippen LogP contribution in [-0.2, 0) is 13.2 Å². The van der Waals surface area contributed by atoms with Crippen molar-refractivity contribution < 1.29 is 9.47 Å². The summed E-state index contributed by atoms with van der Waals surface area (Å²) in [5.74, 6) is 1.66. The number of ether oxygens (including phenoxy) is 2. The quantitative estimate of drug-likeness (QED) is 0.848. The summed E-state index contributed by atoms with van der Waals surface area (Å²) in [6, 6.07) is 8.17. The fourth-order valence-corrected chi connectivity index (χ4v) is 3.39. The molecule has 1 N–H and O–H groups in total. The van der Waals surface area contributed by atoms with Gasteiger partial charge in [0.15, 0.2) is 0 Å². The molecule has 1 aliphatic heterocycles. The van der Waals surface area contributed by atoms with E-state index in [4.69, 9.17) is 9.47 Å². The Balaban J connectivity index is 0.00000208. The fourth-order valence-electron chi connectivity index (χ4n) is 2.69. The lowest BCUT2D eigenvalue weighted by molar-refractivity contribution is 0.197. The van der Waals surface area contributed by atoms with Crippen LogP contribution in [0.15, 0.2) is 29.6 Å². The van der Waals surface area contributed by atoms with Crippen molar-refractivity contribution in [2.45, 2.75) is 26.1 Å². The molecule has 2 aromatic rings. The molecule has 0 bridgehead atoms. The van der Waals surface area contributed by atoms with Gasteiger partial charge in [0, 0.05) is 37.6 Å². The van der Waals surface area contributed by atoms with E-state index < -0.39 is 0 Å². The second kappa shape index (κ2) is 9.22. The first-order valence-corrected chi connectivity index (χ1v) is 8.77. The minimum Gasteiger partial charge on any atom is -0.497 e. The summed E-state index contributed by atoms with van der Waals surface area (Å²) < 4.78 is 10.9. The smallest absolute Gasteiger partial charge is 0.140 e. The van der Waals surface area contributed by atoms with E-state index in [1.807, 2.05) is 24.3 Å². The highest BCUT2D eigenvalue weighted by atomic mass is 35.5. The number of rotatable bonds is 6. The van der Waals surface area contributed by atoms with Gasteiger partial charge in [-0.3, -0.25) is 4.90 Å². The molecule has 7 heteroatoms. The van der Waals surface area contributed by atoms with Crippen LogP contribution in [0.3, 0.4) is 0 Å². The summed E-state index contributed by atoms with van der Waals surface area (Å²) in [5.41, 5.74) is 1.14. The van der Waals surface area contributed by atoms with Crippen LogP contribution in [0.4, 0.5) is 0 Å². The molecule has 1 aromatic heterocycles. The number of thiazole rings is 1. The van der Waals surface area contributed by atoms with Gasteiger partial charge in [-0.25, -0.2) is 4.98 Å². The normalized spacial score (nSPS) is 18.0. The van der Waals surface area contributed by atoms with Crippen molar-refractivity contribution in [1.29, 1.82) is 0 Å². The zero-order valence-corrected chi connectivity index (χ0v) is 15.7. The fraction of sp³-hybridized carbons (Fsp3) is 0.471. The first kappa shape index (κ1) is 19.0. The highest BCUT2D eigenvalue weighted by molar-refractivity contribution is 7.09. The molecule has 1 aromatic carbocycles. The zero-order chi connectivity index (χ0) is 16.1. The van der Waals surface area contributed by atoms with Crippen LogP contribution in [-0.4, -0.2) is 42.7 Å². The van der Waals surface area contributed by atoms with E-state index in [1.165, 1.54) is 0 Å². The summed E-state index contributed by atoms with van der Waals surface area (Å²) in [6.07, 6.45) is 0. The first-order chi connectivity index (χ1) is 11.2. The van der Waals surface area contributed by atoms with Crippen molar-refractivity contribution in [3.05, 3.63) is 40.3 Å². The van der Waals surface area contributed by atoms with Gasteiger partial charge in [-0.05, 0) is 31.2 Å². The van der Waals surface area contributed by atoms with Crippen LogP contribution >= 0.6 is 23.7 Å². The first-order valence-electron chi connectivity index (χ1n) is 7.89. The Kier molecular flexibility index (Phi) is 7.30. The Morgan fingerprint density at radius 1 is 1.29 bits per heavy atom. The number of hydrogen-bond acceptors (Lipinski definition) is 6. The second-order valence-electron chi connectivity index (χ2n) is 5.79. The maximum absolute atomic E-state index is 5.78. The Bertz CT molecular complexity index is 621. The Morgan fingerprint density at radius 2 is 2.04 bits per heavy atom. The standard InChI is InChI=1S/C17H23N3O2S.ClH/c1-13-9-20(8-7-18-13)10-14-12-23-17(19-14)11-22-16-5-3-15(21-2)4-6-16;/h3-6,12-13,18H,7-11H2,1-2H3;1H/t13-;/m1./s1. The van der Waals surface area contributed by atoms with E-state index >= 15 is 0 Å². The molecular formula is C17H24ClN3O2S. The van der Waals surface area contributed by atoms with Crippen LogP contribution in [0.2, 0.25) is 0 Å². The number of hydrogen-bond donors (Lipinski definition) is 1. The number of methoxy groups -OCH3 is 1. The molecule has 24 heavy (non-hydrogen) atoms. The maximum Gasteiger partial charge on any atom is 0.140 e. The molecule has 3 rings (SSSR count). The summed E-state index contributed by atoms with van der Waals surface area (Å²) in [5, 5.41) is 6.61. The molecular weight excluding hydrogens is 346 g/mol. The third-order valence-corrected chi connectivity index (χ3v) is 4.73. The van der Waals surface area contributed by atoms with Gasteiger partial charge in [0.2, 0.25) is 0 Å². The van der Waals surface area contributed by atoms with Crippen LogP contribution in [0, 0.1) is 0 Å². The molecule has 0 spiro atoms. The molecule has 1 atom stereocenters. The monoisotopic (exact) mass is 369 g/mol. The summed E-state index contributed by atoms with van der Waals surface area (Å²) in [7, 11) is 1.66. The lowest BCUT2D eigenvalue weighted by atomic mass is 10.2. The third kappa shape index (κ3) is 5.34. The van der Waals surface area contributed by atoms with Crippen LogP contribution in [0.1, 0.15) is 17.6 Å². The van der Waals surface area contributed by atoms with Crippen molar-refractivity contribution in [2.24, 2.45) is 0 Å². The van der Waals surface area contributed by atoms with E-state index in [-0.39, 0.29) is 12.4 Å². The molecule has 132 valence electrons. The molecule has 0 aliphatic carbocycles. The number of nitrogens with zero attached hydrogens (tertiary/aromatic N) is 2. The van der Waals surface area contributed by atoms with Gasteiger partial charge in [-0.15, -0.1) is 23.7 Å². The molecule has 1 fully saturated rings. The lowest BCUT2D eigenvalue weighted by Gasteiger charge is -2.31. The molecule has 0 unspecified atom stereocenters. The third-order valence-electron chi connectivity index (χ3n) is 3.86. The maximum atomic E-state index is 5.78. The van der Waals surface area contributed by atoms with Gasteiger partial charge in [0.1, 0.15) is 23.1 Å². The predicted octanol–water partition coefficient (Wildman–Crippen LogP) is 2.95. The van der Waals surface area contributed by atoms with Crippen molar-refractivity contribution in [3.8, 4) is 11.5 Å². The van der Waals surface area contributed by atoms with Crippen LogP contribution in [0.5, 0.6) is 11.5 Å². The van der Waals surface area contributed by atoms with Crippen molar-refractivity contribution in [3.63, 3.8) is 0 Å². The van der Waals surface area contributed by atoms with Gasteiger partial charge in [-0.2, -0.15) is 0 Å². The zero-order valence-electron chi connectivity index (χ0n) is 14.0. The molecule has 1 saturated heterocycles. The van der Waals surface area contributed by atoms with Gasteiger partial charge in [0.25, 0.3) is 0 Å². The molecule has 5 nitrogen and oxygen atoms in total. The summed E-state index contributed by atoms with van der Waals surface area (Å²) >= 11 is 1.66. The number of aromatic nitrogens is 1. The highest BCUT2D eigenvalue weighted by Gasteiger charge is 2.16. The molecule has 0 radical (unpaired) electrons. The number of halogens is 1. The van der Waals surface area contributed by atoms with Crippen molar-refractivity contribution in [2.75, 3.05) is 26.7 Å². The summed E-state index contributed by atoms with van der Waals surface area (Å²) in [6.45, 7) is 6.87. The molecule has 1 aliphatic rings. The van der Waals surface area contributed by atoms with Gasteiger partial charge in [-0.1, -0.05) is 0 Å². The largest absolute Gasteiger partial charge is 0.497 e. The van der Waals surface area contributed by atoms with E-state index in [0.717, 1.165) is 48.4 Å². The van der Waals surface area contributed by atoms with Gasteiger partial charge in [0.05, 0.1) is 12.8 Å². The number of nitrogens with one attached hydrogen (secondary N) is 1. The second-order valence-corrected chi connectivity index (χ2v) is 6.73. The van der Waals surface area contributed by atoms with Crippen molar-refractivity contribution in [1.82, 2.24) is 15.2 Å². The van der Waals surface area contributed by atoms with Gasteiger partial charge < -0.3 is 14.8 Å². The molecule has 0 amide bonds. The summed E-state index contributed by atoms with van der Waals surface area (Å²) in [4.78, 5) is 7.13. The topological polar surface area (TPSA) is 46.6 Å². The van der Waals surface area contributed by atoms with E-state index in [2.05, 4.69) is 27.5 Å². The average molecular weight is 370 g/mol. The van der Waals surface area contributed by atoms with Crippen LogP contribution < -0.4 is 14.8 Å². The van der Waals surface area contributed by atoms with E-state index in [9.17, 15) is 0 Å². The predicted molar refractivity (Wildman–Crippen MR) is 99.4 cm³/mol. The van der Waals surface area contributed by atoms with E-state index in [1.54, 1.807) is 18.4 Å². The molecule has 0 saturated carbocycles.